The lowest BCUT2D eigenvalue weighted by Gasteiger charge is -2.20. The van der Waals surface area contributed by atoms with E-state index in [1.165, 1.54) is 44.9 Å². The Morgan fingerprint density at radius 3 is 2.77 bits per heavy atom. The van der Waals surface area contributed by atoms with Gasteiger partial charge in [-0.15, -0.1) is 6.58 Å². The molecular weight excluding hydrogens is 158 g/mol. The highest BCUT2D eigenvalue weighted by atomic mass is 14.6. The molecule has 0 bridgehead atoms. The topological polar surface area (TPSA) is 26.0 Å². The molecule has 2 unspecified atom stereocenters. The van der Waals surface area contributed by atoms with E-state index in [9.17, 15) is 0 Å². The third kappa shape index (κ3) is 3.95. The molecule has 0 aromatic heterocycles. The van der Waals surface area contributed by atoms with Crippen molar-refractivity contribution in [1.82, 2.24) is 0 Å². The van der Waals surface area contributed by atoms with E-state index in [1.54, 1.807) is 0 Å². The van der Waals surface area contributed by atoms with E-state index in [2.05, 4.69) is 6.58 Å². The highest BCUT2D eigenvalue weighted by Crippen LogP contribution is 2.26. The number of hydrogen-bond donors (Lipinski definition) is 1. The zero-order valence-electron chi connectivity index (χ0n) is 8.67. The van der Waals surface area contributed by atoms with Crippen molar-refractivity contribution in [2.75, 3.05) is 0 Å². The summed E-state index contributed by atoms with van der Waals surface area (Å²) >= 11 is 0. The molecule has 0 heterocycles. The molecule has 1 saturated carbocycles. The molecule has 1 aliphatic carbocycles. The summed E-state index contributed by atoms with van der Waals surface area (Å²) in [6.07, 6.45) is 12.5. The average molecular weight is 181 g/mol. The number of rotatable bonds is 4. The van der Waals surface area contributed by atoms with E-state index >= 15 is 0 Å². The van der Waals surface area contributed by atoms with Gasteiger partial charge in [-0.05, 0) is 38.0 Å². The molecule has 2 N–H and O–H groups in total. The van der Waals surface area contributed by atoms with Crippen molar-refractivity contribution in [3.8, 4) is 0 Å². The van der Waals surface area contributed by atoms with Gasteiger partial charge in [0.25, 0.3) is 0 Å². The van der Waals surface area contributed by atoms with Crippen molar-refractivity contribution in [2.24, 2.45) is 11.7 Å². The molecule has 1 nitrogen and oxygen atoms in total. The smallest absolute Gasteiger partial charge is 0.00671 e. The second kappa shape index (κ2) is 6.20. The Kier molecular flexibility index (Phi) is 5.14. The molecule has 1 fully saturated rings. The lowest BCUT2D eigenvalue weighted by molar-refractivity contribution is 0.365. The SMILES string of the molecule is C=CCCCC1CCCCCC1N. The van der Waals surface area contributed by atoms with Gasteiger partial charge in [0.05, 0.1) is 0 Å². The van der Waals surface area contributed by atoms with Crippen molar-refractivity contribution in [3.63, 3.8) is 0 Å². The van der Waals surface area contributed by atoms with Crippen LogP contribution in [-0.4, -0.2) is 6.04 Å². The molecule has 0 spiro atoms. The lowest BCUT2D eigenvalue weighted by Crippen LogP contribution is -2.28. The summed E-state index contributed by atoms with van der Waals surface area (Å²) in [5.41, 5.74) is 6.14. The van der Waals surface area contributed by atoms with E-state index < -0.39 is 0 Å². The predicted molar refractivity (Wildman–Crippen MR) is 58.6 cm³/mol. The van der Waals surface area contributed by atoms with Crippen LogP contribution in [0.5, 0.6) is 0 Å². The molecule has 2 atom stereocenters. The minimum absolute atomic E-state index is 0.479. The monoisotopic (exact) mass is 181 g/mol. The van der Waals surface area contributed by atoms with Crippen LogP contribution in [0.3, 0.4) is 0 Å². The molecule has 1 rings (SSSR count). The first-order chi connectivity index (χ1) is 6.34. The van der Waals surface area contributed by atoms with Crippen molar-refractivity contribution < 1.29 is 0 Å². The van der Waals surface area contributed by atoms with Gasteiger partial charge in [-0.1, -0.05) is 25.3 Å². The van der Waals surface area contributed by atoms with Gasteiger partial charge in [0.2, 0.25) is 0 Å². The van der Waals surface area contributed by atoms with Crippen molar-refractivity contribution in [2.45, 2.75) is 57.4 Å². The Balaban J connectivity index is 2.23. The molecule has 0 saturated heterocycles. The van der Waals surface area contributed by atoms with Gasteiger partial charge in [0, 0.05) is 6.04 Å². The minimum atomic E-state index is 0.479. The first-order valence-electron chi connectivity index (χ1n) is 5.71. The fourth-order valence-corrected chi connectivity index (χ4v) is 2.30. The van der Waals surface area contributed by atoms with Gasteiger partial charge < -0.3 is 5.73 Å². The molecule has 76 valence electrons. The van der Waals surface area contributed by atoms with Crippen molar-refractivity contribution >= 4 is 0 Å². The van der Waals surface area contributed by atoms with E-state index in [-0.39, 0.29) is 0 Å². The number of allylic oxidation sites excluding steroid dienone is 1. The number of unbranched alkanes of at least 4 members (excludes halogenated alkanes) is 1. The maximum absolute atomic E-state index is 6.14. The standard InChI is InChI=1S/C12H23N/c1-2-3-5-8-11-9-6-4-7-10-12(11)13/h2,11-12H,1,3-10,13H2. The van der Waals surface area contributed by atoms with Crippen LogP contribution in [0.2, 0.25) is 0 Å². The van der Waals surface area contributed by atoms with Crippen molar-refractivity contribution in [3.05, 3.63) is 12.7 Å². The highest BCUT2D eigenvalue weighted by molar-refractivity contribution is 4.77. The van der Waals surface area contributed by atoms with Gasteiger partial charge >= 0.3 is 0 Å². The minimum Gasteiger partial charge on any atom is -0.327 e. The molecule has 0 radical (unpaired) electrons. The fourth-order valence-electron chi connectivity index (χ4n) is 2.30. The molecule has 0 aliphatic heterocycles. The third-order valence-corrected chi connectivity index (χ3v) is 3.20. The summed E-state index contributed by atoms with van der Waals surface area (Å²) in [4.78, 5) is 0. The largest absolute Gasteiger partial charge is 0.327 e. The summed E-state index contributed by atoms with van der Waals surface area (Å²) in [5, 5.41) is 0. The molecule has 1 heteroatoms. The van der Waals surface area contributed by atoms with Crippen LogP contribution >= 0.6 is 0 Å². The van der Waals surface area contributed by atoms with Crippen LogP contribution in [-0.2, 0) is 0 Å². The quantitative estimate of drug-likeness (QED) is 0.402. The van der Waals surface area contributed by atoms with Crippen molar-refractivity contribution in [1.29, 1.82) is 0 Å². The summed E-state index contributed by atoms with van der Waals surface area (Å²) in [6, 6.07) is 0.479. The van der Waals surface area contributed by atoms with E-state index in [4.69, 9.17) is 5.73 Å². The number of hydrogen-bond acceptors (Lipinski definition) is 1. The fraction of sp³-hybridized carbons (Fsp3) is 0.833. The first kappa shape index (κ1) is 10.8. The zero-order chi connectivity index (χ0) is 9.52. The van der Waals surface area contributed by atoms with Gasteiger partial charge in [-0.2, -0.15) is 0 Å². The first-order valence-corrected chi connectivity index (χ1v) is 5.71. The third-order valence-electron chi connectivity index (χ3n) is 3.20. The molecule has 0 amide bonds. The van der Waals surface area contributed by atoms with E-state index in [0.717, 1.165) is 12.3 Å². The van der Waals surface area contributed by atoms with Crippen LogP contribution in [0, 0.1) is 5.92 Å². The average Bonchev–Trinajstić information content (AvgIpc) is 2.32. The highest BCUT2D eigenvalue weighted by Gasteiger charge is 2.19. The van der Waals surface area contributed by atoms with Crippen LogP contribution in [0.25, 0.3) is 0 Å². The Hall–Kier alpha value is -0.300. The Morgan fingerprint density at radius 2 is 2.00 bits per heavy atom. The van der Waals surface area contributed by atoms with Gasteiger partial charge in [-0.25, -0.2) is 0 Å². The van der Waals surface area contributed by atoms with Crippen LogP contribution in [0.15, 0.2) is 12.7 Å². The summed E-state index contributed by atoms with van der Waals surface area (Å²) in [6.45, 7) is 3.75. The van der Waals surface area contributed by atoms with Crippen LogP contribution in [0.4, 0.5) is 0 Å². The van der Waals surface area contributed by atoms with Gasteiger partial charge in [0.15, 0.2) is 0 Å². The maximum Gasteiger partial charge on any atom is 0.00671 e. The predicted octanol–water partition coefficient (Wildman–Crippen LogP) is 3.25. The summed E-state index contributed by atoms with van der Waals surface area (Å²) in [5.74, 6) is 0.794. The zero-order valence-corrected chi connectivity index (χ0v) is 8.67. The lowest BCUT2D eigenvalue weighted by atomic mass is 9.90. The molecule has 1 aliphatic rings. The molecule has 0 aromatic rings. The van der Waals surface area contributed by atoms with E-state index in [0.29, 0.717) is 6.04 Å². The Morgan fingerprint density at radius 1 is 1.23 bits per heavy atom. The molecule has 0 aromatic carbocycles. The molecular formula is C12H23N. The summed E-state index contributed by atoms with van der Waals surface area (Å²) < 4.78 is 0. The Bertz CT molecular complexity index is 142. The van der Waals surface area contributed by atoms with E-state index in [1.807, 2.05) is 6.08 Å². The normalized spacial score (nSPS) is 29.6. The van der Waals surface area contributed by atoms with Crippen LogP contribution in [0.1, 0.15) is 51.4 Å². The Labute approximate surface area is 82.4 Å². The second-order valence-electron chi connectivity index (χ2n) is 4.28. The van der Waals surface area contributed by atoms with Crippen LogP contribution < -0.4 is 5.73 Å². The number of nitrogens with two attached hydrogens (primary N) is 1. The summed E-state index contributed by atoms with van der Waals surface area (Å²) in [7, 11) is 0. The van der Waals surface area contributed by atoms with Gasteiger partial charge in [-0.3, -0.25) is 0 Å². The van der Waals surface area contributed by atoms with Gasteiger partial charge in [0.1, 0.15) is 0 Å². The second-order valence-corrected chi connectivity index (χ2v) is 4.28. The molecule has 13 heavy (non-hydrogen) atoms. The maximum atomic E-state index is 6.14.